The summed E-state index contributed by atoms with van der Waals surface area (Å²) in [7, 11) is 0. The quantitative estimate of drug-likeness (QED) is 0.464. The van der Waals surface area contributed by atoms with Crippen LogP contribution in [0.2, 0.25) is 5.02 Å². The molecule has 2 amide bonds. The van der Waals surface area contributed by atoms with E-state index in [1.165, 1.54) is 0 Å². The molecule has 0 radical (unpaired) electrons. The Kier molecular flexibility index (Phi) is 7.85. The Balaban J connectivity index is 1.84. The number of carbonyl (C=O) groups is 2. The Labute approximate surface area is 186 Å². The molecule has 2 N–H and O–H groups in total. The molecule has 0 spiro atoms. The molecule has 158 valence electrons. The molecule has 0 unspecified atom stereocenters. The first kappa shape index (κ1) is 22.1. The predicted octanol–water partition coefficient (Wildman–Crippen LogP) is 5.43. The fourth-order valence-corrected chi connectivity index (χ4v) is 2.87. The summed E-state index contributed by atoms with van der Waals surface area (Å²) in [6.07, 6.45) is 2.40. The summed E-state index contributed by atoms with van der Waals surface area (Å²) >= 11 is 5.89. The van der Waals surface area contributed by atoms with E-state index in [1.807, 2.05) is 55.5 Å². The summed E-state index contributed by atoms with van der Waals surface area (Å²) in [6.45, 7) is 2.46. The predicted molar refractivity (Wildman–Crippen MR) is 123 cm³/mol. The van der Waals surface area contributed by atoms with E-state index >= 15 is 0 Å². The van der Waals surface area contributed by atoms with Gasteiger partial charge in [0, 0.05) is 17.1 Å². The summed E-state index contributed by atoms with van der Waals surface area (Å²) in [6, 6.07) is 23.2. The third-order valence-corrected chi connectivity index (χ3v) is 4.53. The molecular formula is C25H23ClN2O3. The molecule has 5 nitrogen and oxygen atoms in total. The molecule has 0 saturated heterocycles. The van der Waals surface area contributed by atoms with Crippen LogP contribution < -0.4 is 15.4 Å². The maximum absolute atomic E-state index is 12.7. The molecule has 0 atom stereocenters. The van der Waals surface area contributed by atoms with Crippen molar-refractivity contribution < 1.29 is 14.3 Å². The van der Waals surface area contributed by atoms with E-state index in [0.29, 0.717) is 34.2 Å². The van der Waals surface area contributed by atoms with Gasteiger partial charge >= 0.3 is 0 Å². The normalized spacial score (nSPS) is 11.0. The summed E-state index contributed by atoms with van der Waals surface area (Å²) in [5, 5.41) is 6.03. The topological polar surface area (TPSA) is 67.4 Å². The maximum Gasteiger partial charge on any atom is 0.267 e. The van der Waals surface area contributed by atoms with Gasteiger partial charge in [0.05, 0.1) is 0 Å². The van der Waals surface area contributed by atoms with Gasteiger partial charge in [-0.1, -0.05) is 48.9 Å². The first-order valence-corrected chi connectivity index (χ1v) is 10.3. The molecular weight excluding hydrogens is 412 g/mol. The molecule has 0 fully saturated rings. The second kappa shape index (κ2) is 11.0. The summed E-state index contributed by atoms with van der Waals surface area (Å²) in [4.78, 5) is 25.3. The average molecular weight is 435 g/mol. The highest BCUT2D eigenvalue weighted by molar-refractivity contribution is 6.30. The number of carbonyl (C=O) groups excluding carboxylic acids is 2. The molecule has 0 bridgehead atoms. The second-order valence-electron chi connectivity index (χ2n) is 6.76. The van der Waals surface area contributed by atoms with Crippen molar-refractivity contribution in [3.05, 3.63) is 101 Å². The number of ether oxygens (including phenoxy) is 1. The Morgan fingerprint density at radius 2 is 1.65 bits per heavy atom. The number of amides is 2. The molecule has 0 saturated carbocycles. The van der Waals surface area contributed by atoms with Crippen molar-refractivity contribution in [3.8, 4) is 11.5 Å². The van der Waals surface area contributed by atoms with Crippen molar-refractivity contribution in [1.29, 1.82) is 0 Å². The molecule has 3 aromatic rings. The van der Waals surface area contributed by atoms with Gasteiger partial charge < -0.3 is 15.4 Å². The van der Waals surface area contributed by atoms with Crippen molar-refractivity contribution in [1.82, 2.24) is 10.6 Å². The standard InChI is InChI=1S/C25H23ClN2O3/c1-2-15-27-25(30)23(28-24(29)19-11-13-20(26)14-12-19)17-18-7-6-10-22(16-18)31-21-8-4-3-5-9-21/h3-14,16-17H,2,15H2,1H3,(H,27,30)(H,28,29)/b23-17-. The zero-order valence-electron chi connectivity index (χ0n) is 17.1. The van der Waals surface area contributed by atoms with E-state index in [-0.39, 0.29) is 11.6 Å². The number of hydrogen-bond acceptors (Lipinski definition) is 3. The van der Waals surface area contributed by atoms with Crippen LogP contribution in [0.15, 0.2) is 84.6 Å². The molecule has 3 rings (SSSR count). The van der Waals surface area contributed by atoms with Crippen LogP contribution in [0.4, 0.5) is 0 Å². The van der Waals surface area contributed by atoms with Gasteiger partial charge in [-0.25, -0.2) is 0 Å². The lowest BCUT2D eigenvalue weighted by Gasteiger charge is -2.11. The van der Waals surface area contributed by atoms with Gasteiger partial charge in [0.15, 0.2) is 0 Å². The van der Waals surface area contributed by atoms with Crippen molar-refractivity contribution in [2.75, 3.05) is 6.54 Å². The molecule has 3 aromatic carbocycles. The van der Waals surface area contributed by atoms with Crippen molar-refractivity contribution in [2.45, 2.75) is 13.3 Å². The van der Waals surface area contributed by atoms with Gasteiger partial charge in [-0.3, -0.25) is 9.59 Å². The van der Waals surface area contributed by atoms with Crippen LogP contribution in [0.25, 0.3) is 6.08 Å². The fraction of sp³-hybridized carbons (Fsp3) is 0.120. The Morgan fingerprint density at radius 3 is 2.35 bits per heavy atom. The third-order valence-electron chi connectivity index (χ3n) is 4.28. The average Bonchev–Trinajstić information content (AvgIpc) is 2.78. The van der Waals surface area contributed by atoms with Crippen LogP contribution in [0.1, 0.15) is 29.3 Å². The molecule has 0 aliphatic rings. The van der Waals surface area contributed by atoms with Gasteiger partial charge in [-0.05, 0) is 66.6 Å². The number of nitrogens with one attached hydrogen (secondary N) is 2. The molecule has 0 heterocycles. The molecule has 0 aliphatic carbocycles. The number of benzene rings is 3. The van der Waals surface area contributed by atoms with Crippen LogP contribution in [0, 0.1) is 0 Å². The molecule has 0 aliphatic heterocycles. The van der Waals surface area contributed by atoms with E-state index in [1.54, 1.807) is 36.4 Å². The number of rotatable bonds is 8. The van der Waals surface area contributed by atoms with Gasteiger partial charge in [-0.15, -0.1) is 0 Å². The third kappa shape index (κ3) is 6.73. The van der Waals surface area contributed by atoms with E-state index in [2.05, 4.69) is 10.6 Å². The van der Waals surface area contributed by atoms with Crippen molar-refractivity contribution in [3.63, 3.8) is 0 Å². The summed E-state index contributed by atoms with van der Waals surface area (Å²) < 4.78 is 5.86. The zero-order chi connectivity index (χ0) is 22.1. The first-order chi connectivity index (χ1) is 15.0. The van der Waals surface area contributed by atoms with E-state index < -0.39 is 5.91 Å². The Morgan fingerprint density at radius 1 is 0.935 bits per heavy atom. The van der Waals surface area contributed by atoms with Crippen LogP contribution in [0.5, 0.6) is 11.5 Å². The molecule has 31 heavy (non-hydrogen) atoms. The van der Waals surface area contributed by atoms with Crippen molar-refractivity contribution in [2.24, 2.45) is 0 Å². The van der Waals surface area contributed by atoms with Gasteiger partial charge in [0.2, 0.25) is 0 Å². The Bertz CT molecular complexity index is 1060. The minimum absolute atomic E-state index is 0.144. The van der Waals surface area contributed by atoms with E-state index in [4.69, 9.17) is 16.3 Å². The Hall–Kier alpha value is -3.57. The zero-order valence-corrected chi connectivity index (χ0v) is 17.9. The first-order valence-electron chi connectivity index (χ1n) is 9.95. The molecule has 0 aromatic heterocycles. The maximum atomic E-state index is 12.7. The molecule has 6 heteroatoms. The SMILES string of the molecule is CCCNC(=O)/C(=C/c1cccc(Oc2ccccc2)c1)NC(=O)c1ccc(Cl)cc1. The van der Waals surface area contributed by atoms with Gasteiger partial charge in [0.1, 0.15) is 17.2 Å². The highest BCUT2D eigenvalue weighted by atomic mass is 35.5. The number of halogens is 1. The number of hydrogen-bond donors (Lipinski definition) is 2. The van der Waals surface area contributed by atoms with Crippen molar-refractivity contribution >= 4 is 29.5 Å². The van der Waals surface area contributed by atoms with E-state index in [9.17, 15) is 9.59 Å². The second-order valence-corrected chi connectivity index (χ2v) is 7.20. The number of para-hydroxylation sites is 1. The summed E-state index contributed by atoms with van der Waals surface area (Å²) in [5.41, 5.74) is 1.26. The fourth-order valence-electron chi connectivity index (χ4n) is 2.75. The van der Waals surface area contributed by atoms with Crippen LogP contribution in [-0.2, 0) is 4.79 Å². The lowest BCUT2D eigenvalue weighted by atomic mass is 10.1. The van der Waals surface area contributed by atoms with Crippen LogP contribution >= 0.6 is 11.6 Å². The highest BCUT2D eigenvalue weighted by Gasteiger charge is 2.14. The highest BCUT2D eigenvalue weighted by Crippen LogP contribution is 2.22. The summed E-state index contributed by atoms with van der Waals surface area (Å²) in [5.74, 6) is 0.572. The lowest BCUT2D eigenvalue weighted by molar-refractivity contribution is -0.117. The van der Waals surface area contributed by atoms with Gasteiger partial charge in [-0.2, -0.15) is 0 Å². The van der Waals surface area contributed by atoms with Gasteiger partial charge in [0.25, 0.3) is 11.8 Å². The minimum atomic E-state index is -0.397. The van der Waals surface area contributed by atoms with E-state index in [0.717, 1.165) is 6.42 Å². The monoisotopic (exact) mass is 434 g/mol. The smallest absolute Gasteiger partial charge is 0.267 e. The van der Waals surface area contributed by atoms with Crippen LogP contribution in [-0.4, -0.2) is 18.4 Å². The largest absolute Gasteiger partial charge is 0.457 e. The van der Waals surface area contributed by atoms with Crippen LogP contribution in [0.3, 0.4) is 0 Å². The minimum Gasteiger partial charge on any atom is -0.457 e. The lowest BCUT2D eigenvalue weighted by Crippen LogP contribution is -2.35.